The second-order valence-electron chi connectivity index (χ2n) is 3.68. The van der Waals surface area contributed by atoms with Gasteiger partial charge in [-0.1, -0.05) is 0 Å². The predicted molar refractivity (Wildman–Crippen MR) is 64.2 cm³/mol. The van der Waals surface area contributed by atoms with Gasteiger partial charge in [-0.15, -0.1) is 0 Å². The highest BCUT2D eigenvalue weighted by Gasteiger charge is 2.08. The first-order valence-corrected chi connectivity index (χ1v) is 5.21. The molecule has 3 rings (SSSR count). The molecule has 86 valence electrons. The Morgan fingerprint density at radius 1 is 1.28 bits per heavy atom. The molecule has 0 radical (unpaired) electrons. The molecule has 0 aliphatic carbocycles. The smallest absolute Gasteiger partial charge is 0.261 e. The van der Waals surface area contributed by atoms with E-state index >= 15 is 0 Å². The summed E-state index contributed by atoms with van der Waals surface area (Å²) in [6, 6.07) is 8.94. The molecule has 6 heteroatoms. The van der Waals surface area contributed by atoms with Crippen molar-refractivity contribution in [3.8, 4) is 11.8 Å². The number of nitriles is 1. The lowest BCUT2D eigenvalue weighted by molar-refractivity contribution is 0.894. The van der Waals surface area contributed by atoms with Crippen LogP contribution in [0.25, 0.3) is 16.7 Å². The van der Waals surface area contributed by atoms with Crippen LogP contribution < -0.4 is 5.56 Å². The number of nitrogens with zero attached hydrogens (tertiary/aromatic N) is 4. The summed E-state index contributed by atoms with van der Waals surface area (Å²) in [5, 5.41) is 13.3. The topological polar surface area (TPSA) is 87.4 Å². The third-order valence-electron chi connectivity index (χ3n) is 2.61. The minimum Gasteiger partial charge on any atom is -0.312 e. The largest absolute Gasteiger partial charge is 0.312 e. The van der Waals surface area contributed by atoms with E-state index in [0.29, 0.717) is 16.6 Å². The van der Waals surface area contributed by atoms with Crippen molar-refractivity contribution in [3.63, 3.8) is 0 Å². The van der Waals surface area contributed by atoms with Crippen LogP contribution in [0.4, 0.5) is 0 Å². The summed E-state index contributed by atoms with van der Waals surface area (Å²) in [6.45, 7) is 0. The van der Waals surface area contributed by atoms with Crippen LogP contribution >= 0.6 is 0 Å². The van der Waals surface area contributed by atoms with E-state index in [1.54, 1.807) is 28.9 Å². The van der Waals surface area contributed by atoms with Crippen molar-refractivity contribution >= 4 is 11.0 Å². The quantitative estimate of drug-likeness (QED) is 0.683. The average molecular weight is 237 g/mol. The molecular formula is C12H7N5O. The first kappa shape index (κ1) is 10.2. The lowest BCUT2D eigenvalue weighted by atomic mass is 10.2. The van der Waals surface area contributed by atoms with E-state index in [-0.39, 0.29) is 5.56 Å². The average Bonchev–Trinajstić information content (AvgIpc) is 2.84. The van der Waals surface area contributed by atoms with Crippen LogP contribution in [0.3, 0.4) is 0 Å². The summed E-state index contributed by atoms with van der Waals surface area (Å²) >= 11 is 0. The van der Waals surface area contributed by atoms with Gasteiger partial charge >= 0.3 is 0 Å². The molecule has 0 bridgehead atoms. The maximum atomic E-state index is 11.5. The molecule has 0 fully saturated rings. The SMILES string of the molecule is N#Cc1ccc(-n2ncc3c(=O)[nH]cnc32)cc1. The lowest BCUT2D eigenvalue weighted by Gasteiger charge is -2.01. The van der Waals surface area contributed by atoms with E-state index in [1.165, 1.54) is 12.5 Å². The molecule has 3 aromatic rings. The van der Waals surface area contributed by atoms with Crippen LogP contribution in [0.2, 0.25) is 0 Å². The molecule has 0 aliphatic rings. The molecule has 18 heavy (non-hydrogen) atoms. The van der Waals surface area contributed by atoms with Gasteiger partial charge < -0.3 is 4.98 Å². The van der Waals surface area contributed by atoms with Gasteiger partial charge in [0.1, 0.15) is 5.39 Å². The van der Waals surface area contributed by atoms with Gasteiger partial charge in [0, 0.05) is 0 Å². The number of hydrogen-bond acceptors (Lipinski definition) is 4. The standard InChI is InChI=1S/C12H7N5O/c13-5-8-1-3-9(4-2-8)17-11-10(6-16-17)12(18)15-7-14-11/h1-4,6-7H,(H,14,15,18). The molecule has 0 unspecified atom stereocenters. The first-order valence-electron chi connectivity index (χ1n) is 5.21. The zero-order chi connectivity index (χ0) is 12.5. The molecule has 1 aromatic carbocycles. The van der Waals surface area contributed by atoms with Crippen molar-refractivity contribution in [2.75, 3.05) is 0 Å². The molecule has 0 spiro atoms. The van der Waals surface area contributed by atoms with Crippen molar-refractivity contribution in [1.29, 1.82) is 5.26 Å². The van der Waals surface area contributed by atoms with Crippen molar-refractivity contribution in [2.45, 2.75) is 0 Å². The Morgan fingerprint density at radius 2 is 2.06 bits per heavy atom. The van der Waals surface area contributed by atoms with Crippen molar-refractivity contribution in [2.24, 2.45) is 0 Å². The Bertz CT molecular complexity index is 807. The Kier molecular flexibility index (Phi) is 2.17. The van der Waals surface area contributed by atoms with Crippen molar-refractivity contribution in [1.82, 2.24) is 19.7 Å². The van der Waals surface area contributed by atoms with Crippen LogP contribution in [0.5, 0.6) is 0 Å². The molecule has 0 amide bonds. The third-order valence-corrected chi connectivity index (χ3v) is 2.61. The van der Waals surface area contributed by atoms with E-state index in [1.807, 2.05) is 6.07 Å². The fourth-order valence-electron chi connectivity index (χ4n) is 1.72. The van der Waals surface area contributed by atoms with Crippen molar-refractivity contribution in [3.05, 3.63) is 52.7 Å². The van der Waals surface area contributed by atoms with E-state index in [4.69, 9.17) is 5.26 Å². The zero-order valence-electron chi connectivity index (χ0n) is 9.16. The Labute approximate surface area is 101 Å². The number of hydrogen-bond donors (Lipinski definition) is 1. The van der Waals surface area contributed by atoms with E-state index in [0.717, 1.165) is 5.69 Å². The van der Waals surface area contributed by atoms with Gasteiger partial charge in [-0.3, -0.25) is 4.79 Å². The van der Waals surface area contributed by atoms with E-state index in [9.17, 15) is 4.79 Å². The molecule has 2 aromatic heterocycles. The Balaban J connectivity index is 2.23. The Morgan fingerprint density at radius 3 is 2.78 bits per heavy atom. The molecule has 0 saturated carbocycles. The van der Waals surface area contributed by atoms with Gasteiger partial charge in [0.25, 0.3) is 5.56 Å². The summed E-state index contributed by atoms with van der Waals surface area (Å²) in [4.78, 5) is 18.1. The van der Waals surface area contributed by atoms with Gasteiger partial charge in [0.15, 0.2) is 5.65 Å². The fraction of sp³-hybridized carbons (Fsp3) is 0. The third kappa shape index (κ3) is 1.46. The summed E-state index contributed by atoms with van der Waals surface area (Å²) in [6.07, 6.45) is 2.81. The van der Waals surface area contributed by atoms with Crippen LogP contribution in [-0.4, -0.2) is 19.7 Å². The van der Waals surface area contributed by atoms with Gasteiger partial charge in [0.2, 0.25) is 0 Å². The minimum absolute atomic E-state index is 0.222. The fourth-order valence-corrected chi connectivity index (χ4v) is 1.72. The highest BCUT2D eigenvalue weighted by Crippen LogP contribution is 2.13. The van der Waals surface area contributed by atoms with Crippen LogP contribution in [0.15, 0.2) is 41.6 Å². The summed E-state index contributed by atoms with van der Waals surface area (Å²) in [7, 11) is 0. The number of rotatable bonds is 1. The molecule has 6 nitrogen and oxygen atoms in total. The molecular weight excluding hydrogens is 230 g/mol. The number of benzene rings is 1. The van der Waals surface area contributed by atoms with Crippen molar-refractivity contribution < 1.29 is 0 Å². The normalized spacial score (nSPS) is 10.4. The number of H-pyrrole nitrogens is 1. The predicted octanol–water partition coefficient (Wildman–Crippen LogP) is 0.980. The Hall–Kier alpha value is -2.94. The summed E-state index contributed by atoms with van der Waals surface area (Å²) in [5.74, 6) is 0. The molecule has 0 saturated heterocycles. The zero-order valence-corrected chi connectivity index (χ0v) is 9.16. The minimum atomic E-state index is -0.222. The van der Waals surface area contributed by atoms with E-state index in [2.05, 4.69) is 15.1 Å². The van der Waals surface area contributed by atoms with Gasteiger partial charge in [-0.25, -0.2) is 9.67 Å². The molecule has 0 atom stereocenters. The monoisotopic (exact) mass is 237 g/mol. The van der Waals surface area contributed by atoms with Gasteiger partial charge in [0.05, 0.1) is 29.8 Å². The number of aromatic nitrogens is 4. The highest BCUT2D eigenvalue weighted by molar-refractivity contribution is 5.74. The molecule has 0 aliphatic heterocycles. The number of fused-ring (bicyclic) bond motifs is 1. The highest BCUT2D eigenvalue weighted by atomic mass is 16.1. The second kappa shape index (κ2) is 3.82. The lowest BCUT2D eigenvalue weighted by Crippen LogP contribution is -2.06. The maximum Gasteiger partial charge on any atom is 0.261 e. The van der Waals surface area contributed by atoms with E-state index < -0.39 is 0 Å². The maximum absolute atomic E-state index is 11.5. The summed E-state index contributed by atoms with van der Waals surface area (Å²) < 4.78 is 1.56. The summed E-state index contributed by atoms with van der Waals surface area (Å²) in [5.41, 5.74) is 1.59. The first-order chi connectivity index (χ1) is 8.79. The van der Waals surface area contributed by atoms with Gasteiger partial charge in [-0.2, -0.15) is 10.4 Å². The second-order valence-corrected chi connectivity index (χ2v) is 3.68. The number of nitrogens with one attached hydrogen (secondary N) is 1. The van der Waals surface area contributed by atoms with Crippen LogP contribution in [-0.2, 0) is 0 Å². The molecule has 1 N–H and O–H groups in total. The van der Waals surface area contributed by atoms with Crippen LogP contribution in [0.1, 0.15) is 5.56 Å². The number of aromatic amines is 1. The molecule has 2 heterocycles. The van der Waals surface area contributed by atoms with Gasteiger partial charge in [-0.05, 0) is 24.3 Å². The van der Waals surface area contributed by atoms with Crippen LogP contribution in [0, 0.1) is 11.3 Å².